The summed E-state index contributed by atoms with van der Waals surface area (Å²) >= 11 is 3.09. The first-order valence-electron chi connectivity index (χ1n) is 3.99. The number of para-hydroxylation sites is 1. The highest BCUT2D eigenvalue weighted by molar-refractivity contribution is 9.09. The molecule has 1 unspecified atom stereocenters. The zero-order chi connectivity index (χ0) is 9.68. The summed E-state index contributed by atoms with van der Waals surface area (Å²) in [6.45, 7) is 0. The molecule has 0 aliphatic carbocycles. The SMILES string of the molecule is C[NH+](NC(=O)CBr)c1ccccc1. The second kappa shape index (κ2) is 4.99. The Labute approximate surface area is 85.8 Å². The largest absolute Gasteiger partial charge is 0.275 e. The molecule has 2 N–H and O–H groups in total. The first-order chi connectivity index (χ1) is 6.24. The molecule has 70 valence electrons. The molecule has 0 aliphatic heterocycles. The molecular formula is C9H12BrN2O+. The molecule has 13 heavy (non-hydrogen) atoms. The summed E-state index contributed by atoms with van der Waals surface area (Å²) in [7, 11) is 1.88. The van der Waals surface area contributed by atoms with E-state index in [9.17, 15) is 4.79 Å². The van der Waals surface area contributed by atoms with Crippen molar-refractivity contribution in [1.29, 1.82) is 0 Å². The van der Waals surface area contributed by atoms with E-state index in [4.69, 9.17) is 0 Å². The quantitative estimate of drug-likeness (QED) is 0.580. The molecule has 1 atom stereocenters. The van der Waals surface area contributed by atoms with Crippen LogP contribution < -0.4 is 10.4 Å². The number of alkyl halides is 1. The Hall–Kier alpha value is -0.870. The summed E-state index contributed by atoms with van der Waals surface area (Å²) in [5, 5.41) is 1.21. The molecule has 0 heterocycles. The summed E-state index contributed by atoms with van der Waals surface area (Å²) in [5.74, 6) is -0.0265. The molecular weight excluding hydrogens is 232 g/mol. The van der Waals surface area contributed by atoms with Gasteiger partial charge in [-0.25, -0.2) is 5.01 Å². The minimum atomic E-state index is -0.0265. The average molecular weight is 244 g/mol. The van der Waals surface area contributed by atoms with Crippen molar-refractivity contribution in [3.63, 3.8) is 0 Å². The van der Waals surface area contributed by atoms with E-state index in [2.05, 4.69) is 21.4 Å². The lowest BCUT2D eigenvalue weighted by atomic mass is 10.3. The Morgan fingerprint density at radius 3 is 2.62 bits per heavy atom. The smallest absolute Gasteiger partial charge is 0.269 e. The summed E-state index contributed by atoms with van der Waals surface area (Å²) in [4.78, 5) is 11.0. The molecule has 1 rings (SSSR count). The Morgan fingerprint density at radius 1 is 1.46 bits per heavy atom. The lowest BCUT2D eigenvalue weighted by Crippen LogP contribution is -3.12. The lowest BCUT2D eigenvalue weighted by molar-refractivity contribution is -0.849. The van der Waals surface area contributed by atoms with Crippen LogP contribution in [0.4, 0.5) is 5.69 Å². The van der Waals surface area contributed by atoms with Crippen LogP contribution in [0.2, 0.25) is 0 Å². The molecule has 0 saturated heterocycles. The third kappa shape index (κ3) is 3.16. The molecule has 1 amide bonds. The average Bonchev–Trinajstić information content (AvgIpc) is 2.19. The molecule has 4 heteroatoms. The summed E-state index contributed by atoms with van der Waals surface area (Å²) in [6.07, 6.45) is 0. The number of benzene rings is 1. The van der Waals surface area contributed by atoms with Gasteiger partial charge in [0.25, 0.3) is 5.91 Å². The number of nitrogens with one attached hydrogen (secondary N) is 2. The van der Waals surface area contributed by atoms with Crippen molar-refractivity contribution in [3.8, 4) is 0 Å². The van der Waals surface area contributed by atoms with Crippen LogP contribution in [-0.2, 0) is 4.79 Å². The van der Waals surface area contributed by atoms with Crippen molar-refractivity contribution in [2.75, 3.05) is 12.4 Å². The third-order valence-electron chi connectivity index (χ3n) is 1.66. The number of quaternary nitrogens is 1. The second-order valence-corrected chi connectivity index (χ2v) is 3.23. The number of hydrogen-bond acceptors (Lipinski definition) is 1. The van der Waals surface area contributed by atoms with Crippen LogP contribution in [0.3, 0.4) is 0 Å². The first kappa shape index (κ1) is 10.2. The molecule has 0 aromatic heterocycles. The van der Waals surface area contributed by atoms with Gasteiger partial charge in [-0.1, -0.05) is 34.1 Å². The standard InChI is InChI=1S/C9H11BrN2O/c1-12(11-9(13)7-10)8-5-3-2-4-6-8/h2-6H,7H2,1H3,(H,11,13)/p+1. The number of carbonyl (C=O) groups is 1. The predicted molar refractivity (Wildman–Crippen MR) is 54.9 cm³/mol. The van der Waals surface area contributed by atoms with Gasteiger partial charge in [-0.05, 0) is 0 Å². The molecule has 0 aliphatic rings. The van der Waals surface area contributed by atoms with Gasteiger partial charge in [0.1, 0.15) is 0 Å². The van der Waals surface area contributed by atoms with Gasteiger partial charge in [0, 0.05) is 12.1 Å². The van der Waals surface area contributed by atoms with Crippen molar-refractivity contribution in [3.05, 3.63) is 30.3 Å². The van der Waals surface area contributed by atoms with Crippen molar-refractivity contribution in [2.24, 2.45) is 0 Å². The fraction of sp³-hybridized carbons (Fsp3) is 0.222. The summed E-state index contributed by atoms with van der Waals surface area (Å²) < 4.78 is 0. The van der Waals surface area contributed by atoms with Crippen LogP contribution in [0.15, 0.2) is 30.3 Å². The van der Waals surface area contributed by atoms with E-state index in [1.54, 1.807) is 0 Å². The van der Waals surface area contributed by atoms with E-state index in [0.29, 0.717) is 5.33 Å². The number of amides is 1. The maximum Gasteiger partial charge on any atom is 0.275 e. The molecule has 0 bridgehead atoms. The van der Waals surface area contributed by atoms with E-state index in [1.807, 2.05) is 37.4 Å². The highest BCUT2D eigenvalue weighted by Gasteiger charge is 2.08. The minimum Gasteiger partial charge on any atom is -0.269 e. The van der Waals surface area contributed by atoms with E-state index in [0.717, 1.165) is 10.7 Å². The van der Waals surface area contributed by atoms with Crippen LogP contribution in [0.5, 0.6) is 0 Å². The maximum absolute atomic E-state index is 11.0. The number of rotatable bonds is 3. The van der Waals surface area contributed by atoms with Gasteiger partial charge in [-0.15, -0.1) is 0 Å². The third-order valence-corrected chi connectivity index (χ3v) is 2.16. The van der Waals surface area contributed by atoms with Crippen molar-refractivity contribution in [1.82, 2.24) is 5.43 Å². The van der Waals surface area contributed by atoms with Gasteiger partial charge < -0.3 is 0 Å². The number of halogens is 1. The molecule has 1 aromatic rings. The number of carbonyl (C=O) groups excluding carboxylic acids is 1. The Kier molecular flexibility index (Phi) is 3.92. The normalized spacial score (nSPS) is 12.2. The summed E-state index contributed by atoms with van der Waals surface area (Å²) in [6, 6.07) is 9.76. The van der Waals surface area contributed by atoms with Gasteiger partial charge in [0.2, 0.25) is 0 Å². The van der Waals surface area contributed by atoms with E-state index >= 15 is 0 Å². The molecule has 0 saturated carbocycles. The van der Waals surface area contributed by atoms with Crippen LogP contribution in [0, 0.1) is 0 Å². The van der Waals surface area contributed by atoms with Gasteiger partial charge in [-0.3, -0.25) is 4.79 Å². The van der Waals surface area contributed by atoms with Gasteiger partial charge in [-0.2, -0.15) is 5.43 Å². The molecule has 1 aromatic carbocycles. The van der Waals surface area contributed by atoms with E-state index in [-0.39, 0.29) is 5.91 Å². The van der Waals surface area contributed by atoms with Gasteiger partial charge >= 0.3 is 0 Å². The van der Waals surface area contributed by atoms with Gasteiger partial charge in [0.05, 0.1) is 12.4 Å². The molecule has 0 spiro atoms. The monoisotopic (exact) mass is 243 g/mol. The highest BCUT2D eigenvalue weighted by atomic mass is 79.9. The van der Waals surface area contributed by atoms with Crippen LogP contribution >= 0.6 is 15.9 Å². The molecule has 0 radical (unpaired) electrons. The Morgan fingerprint density at radius 2 is 2.08 bits per heavy atom. The zero-order valence-corrected chi connectivity index (χ0v) is 8.97. The van der Waals surface area contributed by atoms with E-state index in [1.165, 1.54) is 0 Å². The van der Waals surface area contributed by atoms with Crippen molar-refractivity contribution >= 4 is 27.5 Å². The fourth-order valence-electron chi connectivity index (χ4n) is 1.00. The Balaban J connectivity index is 2.59. The molecule has 0 fully saturated rings. The van der Waals surface area contributed by atoms with Gasteiger partial charge in [0.15, 0.2) is 5.69 Å². The number of hydrogen-bond donors (Lipinski definition) is 2. The van der Waals surface area contributed by atoms with E-state index < -0.39 is 0 Å². The minimum absolute atomic E-state index is 0.0265. The Bertz CT molecular complexity index is 276. The first-order valence-corrected chi connectivity index (χ1v) is 5.11. The van der Waals surface area contributed by atoms with Crippen LogP contribution in [-0.4, -0.2) is 18.3 Å². The summed E-state index contributed by atoms with van der Waals surface area (Å²) in [5.41, 5.74) is 3.82. The van der Waals surface area contributed by atoms with Crippen LogP contribution in [0.25, 0.3) is 0 Å². The predicted octanol–water partition coefficient (Wildman–Crippen LogP) is 0.259. The fourth-order valence-corrected chi connectivity index (χ4v) is 1.14. The highest BCUT2D eigenvalue weighted by Crippen LogP contribution is 1.96. The van der Waals surface area contributed by atoms with Crippen molar-refractivity contribution in [2.45, 2.75) is 0 Å². The maximum atomic E-state index is 11.0. The molecule has 3 nitrogen and oxygen atoms in total. The second-order valence-electron chi connectivity index (χ2n) is 2.67. The topological polar surface area (TPSA) is 33.5 Å². The lowest BCUT2D eigenvalue weighted by Gasteiger charge is -2.12. The van der Waals surface area contributed by atoms with Crippen molar-refractivity contribution < 1.29 is 9.80 Å². The zero-order valence-electron chi connectivity index (χ0n) is 7.38. The van der Waals surface area contributed by atoms with Crippen LogP contribution in [0.1, 0.15) is 0 Å².